The molecule has 12 heteroatoms. The molecule has 3 N–H and O–H groups in total. The van der Waals surface area contributed by atoms with Gasteiger partial charge >= 0.3 is 0 Å². The summed E-state index contributed by atoms with van der Waals surface area (Å²) in [6.45, 7) is 1.49. The Morgan fingerprint density at radius 3 is 2.91 bits per heavy atom. The number of pyridine rings is 1. The van der Waals surface area contributed by atoms with Crippen LogP contribution in [-0.2, 0) is 11.3 Å². The third-order valence-electron chi connectivity index (χ3n) is 6.34. The van der Waals surface area contributed by atoms with Gasteiger partial charge in [-0.2, -0.15) is 9.61 Å². The van der Waals surface area contributed by atoms with E-state index in [2.05, 4.69) is 36.0 Å². The molecule has 4 aromatic heterocycles. The van der Waals surface area contributed by atoms with Crippen LogP contribution in [0.25, 0.3) is 5.65 Å². The maximum Gasteiger partial charge on any atom is 0.257 e. The van der Waals surface area contributed by atoms with Gasteiger partial charge in [0.2, 0.25) is 5.91 Å². The summed E-state index contributed by atoms with van der Waals surface area (Å²) in [5.74, 6) is 2.95. The quantitative estimate of drug-likeness (QED) is 0.388. The first-order valence-corrected chi connectivity index (χ1v) is 11.5. The average Bonchev–Trinajstić information content (AvgIpc) is 3.64. The Bertz CT molecular complexity index is 1440. The molecule has 6 rings (SSSR count). The Labute approximate surface area is 200 Å². The number of aromatic nitrogens is 6. The van der Waals surface area contributed by atoms with Crippen molar-refractivity contribution in [3.05, 3.63) is 54.2 Å². The number of imidazole rings is 1. The monoisotopic (exact) mass is 472 g/mol. The van der Waals surface area contributed by atoms with Gasteiger partial charge in [0.15, 0.2) is 5.65 Å². The third-order valence-corrected chi connectivity index (χ3v) is 6.34. The molecule has 0 aromatic carbocycles. The van der Waals surface area contributed by atoms with E-state index in [0.29, 0.717) is 47.4 Å². The summed E-state index contributed by atoms with van der Waals surface area (Å²) in [6, 6.07) is 7.10. The minimum Gasteiger partial charge on any atom is -0.373 e. The van der Waals surface area contributed by atoms with E-state index in [-0.39, 0.29) is 17.9 Å². The zero-order valence-corrected chi connectivity index (χ0v) is 19.1. The number of aryl methyl sites for hydroxylation is 1. The summed E-state index contributed by atoms with van der Waals surface area (Å²) in [5.41, 5.74) is 0.767. The van der Waals surface area contributed by atoms with Gasteiger partial charge in [0.1, 0.15) is 34.7 Å². The van der Waals surface area contributed by atoms with Crippen molar-refractivity contribution in [3.8, 4) is 0 Å². The molecule has 12 nitrogen and oxygen atoms in total. The molecule has 0 aliphatic carbocycles. The normalized spacial score (nSPS) is 17.1. The topological polar surface area (TPSA) is 134 Å². The molecular formula is C23H24N10O2. The largest absolute Gasteiger partial charge is 0.373 e. The summed E-state index contributed by atoms with van der Waals surface area (Å²) in [6.07, 6.45) is 7.33. The summed E-state index contributed by atoms with van der Waals surface area (Å²) in [4.78, 5) is 40.6. The van der Waals surface area contributed by atoms with Crippen LogP contribution < -0.4 is 20.9 Å². The number of rotatable bonds is 6. The van der Waals surface area contributed by atoms with Gasteiger partial charge in [0, 0.05) is 45.0 Å². The fourth-order valence-electron chi connectivity index (χ4n) is 4.62. The molecule has 0 spiro atoms. The zero-order valence-electron chi connectivity index (χ0n) is 19.1. The van der Waals surface area contributed by atoms with Crippen molar-refractivity contribution in [2.24, 2.45) is 0 Å². The van der Waals surface area contributed by atoms with Crippen LogP contribution >= 0.6 is 0 Å². The van der Waals surface area contributed by atoms with E-state index in [1.54, 1.807) is 34.8 Å². The fraction of sp³-hybridized carbons (Fsp3) is 0.304. The Morgan fingerprint density at radius 2 is 2.09 bits per heavy atom. The van der Waals surface area contributed by atoms with Crippen molar-refractivity contribution in [2.75, 3.05) is 29.1 Å². The van der Waals surface area contributed by atoms with Crippen molar-refractivity contribution in [1.82, 2.24) is 34.4 Å². The number of hydrogen-bond acceptors (Lipinski definition) is 8. The lowest BCUT2D eigenvalue weighted by Gasteiger charge is -2.16. The molecular weight excluding hydrogens is 448 g/mol. The second kappa shape index (κ2) is 8.38. The first-order chi connectivity index (χ1) is 17.1. The first kappa shape index (κ1) is 21.1. The van der Waals surface area contributed by atoms with Crippen LogP contribution in [0.1, 0.15) is 41.5 Å². The molecule has 2 aliphatic rings. The van der Waals surface area contributed by atoms with Gasteiger partial charge in [0.05, 0.1) is 12.2 Å². The van der Waals surface area contributed by atoms with Crippen LogP contribution in [0.4, 0.5) is 23.3 Å². The van der Waals surface area contributed by atoms with Gasteiger partial charge in [-0.15, -0.1) is 0 Å². The SMILES string of the molecule is CNc1cc(Nc2cccc(N3CCCC3=O)n2)nc2c(C(=O)NC3CCn4ccnc43)cnn12. The van der Waals surface area contributed by atoms with E-state index >= 15 is 0 Å². The second-order valence-corrected chi connectivity index (χ2v) is 8.52. The number of nitrogens with one attached hydrogen (secondary N) is 3. The molecule has 2 amide bonds. The van der Waals surface area contributed by atoms with Crippen LogP contribution in [0.15, 0.2) is 42.9 Å². The maximum absolute atomic E-state index is 13.2. The van der Waals surface area contributed by atoms with Gasteiger partial charge < -0.3 is 20.5 Å². The van der Waals surface area contributed by atoms with Gasteiger partial charge in [-0.3, -0.25) is 14.5 Å². The molecule has 1 atom stereocenters. The number of carbonyl (C=O) groups is 2. The molecule has 6 heterocycles. The van der Waals surface area contributed by atoms with Crippen molar-refractivity contribution in [2.45, 2.75) is 31.8 Å². The lowest BCUT2D eigenvalue weighted by molar-refractivity contribution is -0.117. The summed E-state index contributed by atoms with van der Waals surface area (Å²) in [7, 11) is 1.77. The lowest BCUT2D eigenvalue weighted by atomic mass is 10.2. The van der Waals surface area contributed by atoms with E-state index in [1.165, 1.54) is 6.20 Å². The number of nitrogens with zero attached hydrogens (tertiary/aromatic N) is 7. The van der Waals surface area contributed by atoms with E-state index in [1.807, 2.05) is 22.9 Å². The highest BCUT2D eigenvalue weighted by Crippen LogP contribution is 2.26. The van der Waals surface area contributed by atoms with Crippen molar-refractivity contribution < 1.29 is 9.59 Å². The van der Waals surface area contributed by atoms with E-state index < -0.39 is 0 Å². The van der Waals surface area contributed by atoms with Crippen molar-refractivity contribution >= 4 is 40.7 Å². The van der Waals surface area contributed by atoms with Crippen LogP contribution in [0, 0.1) is 0 Å². The number of amides is 2. The van der Waals surface area contributed by atoms with Gasteiger partial charge in [-0.25, -0.2) is 15.0 Å². The molecule has 178 valence electrons. The minimum atomic E-state index is -0.263. The molecule has 4 aromatic rings. The summed E-state index contributed by atoms with van der Waals surface area (Å²) >= 11 is 0. The van der Waals surface area contributed by atoms with Crippen LogP contribution in [0.2, 0.25) is 0 Å². The van der Waals surface area contributed by atoms with Gasteiger partial charge in [-0.1, -0.05) is 6.07 Å². The predicted molar refractivity (Wildman–Crippen MR) is 129 cm³/mol. The third kappa shape index (κ3) is 3.72. The van der Waals surface area contributed by atoms with Gasteiger partial charge in [-0.05, 0) is 25.0 Å². The highest BCUT2D eigenvalue weighted by Gasteiger charge is 2.27. The molecule has 2 aliphatic heterocycles. The van der Waals surface area contributed by atoms with Crippen LogP contribution in [-0.4, -0.2) is 54.5 Å². The Balaban J connectivity index is 1.29. The Hall–Kier alpha value is -4.48. The Kier molecular flexibility index (Phi) is 5.05. The molecule has 0 saturated carbocycles. The van der Waals surface area contributed by atoms with E-state index in [9.17, 15) is 9.59 Å². The van der Waals surface area contributed by atoms with Crippen LogP contribution in [0.3, 0.4) is 0 Å². The van der Waals surface area contributed by atoms with E-state index in [0.717, 1.165) is 25.2 Å². The zero-order chi connectivity index (χ0) is 23.9. The molecule has 35 heavy (non-hydrogen) atoms. The molecule has 0 bridgehead atoms. The number of carbonyl (C=O) groups excluding carboxylic acids is 2. The smallest absolute Gasteiger partial charge is 0.257 e. The Morgan fingerprint density at radius 1 is 1.17 bits per heavy atom. The second-order valence-electron chi connectivity index (χ2n) is 8.52. The fourth-order valence-corrected chi connectivity index (χ4v) is 4.62. The molecule has 1 unspecified atom stereocenters. The number of fused-ring (bicyclic) bond motifs is 2. The predicted octanol–water partition coefficient (Wildman–Crippen LogP) is 2.11. The summed E-state index contributed by atoms with van der Waals surface area (Å²) in [5, 5.41) is 13.7. The minimum absolute atomic E-state index is 0.0753. The molecule has 1 saturated heterocycles. The van der Waals surface area contributed by atoms with Crippen LogP contribution in [0.5, 0.6) is 0 Å². The van der Waals surface area contributed by atoms with Gasteiger partial charge in [0.25, 0.3) is 5.91 Å². The maximum atomic E-state index is 13.2. The first-order valence-electron chi connectivity index (χ1n) is 11.5. The standard InChI is InChI=1S/C23H24N10O2/c1-24-19-12-17(28-16-4-2-5-18(29-16)32-9-3-6-20(32)34)30-21-14(13-26-33(19)21)23(35)27-15-7-10-31-11-8-25-22(15)31/h2,4-5,8,11-13,15,24H,3,6-7,9-10H2,1H3,(H,27,35)(H,28,29,30). The molecule has 0 radical (unpaired) electrons. The highest BCUT2D eigenvalue weighted by atomic mass is 16.2. The molecule has 1 fully saturated rings. The highest BCUT2D eigenvalue weighted by molar-refractivity contribution is 6.00. The summed E-state index contributed by atoms with van der Waals surface area (Å²) < 4.78 is 3.62. The number of hydrogen-bond donors (Lipinski definition) is 3. The van der Waals surface area contributed by atoms with E-state index in [4.69, 9.17) is 0 Å². The van der Waals surface area contributed by atoms with Crippen molar-refractivity contribution in [3.63, 3.8) is 0 Å². The number of anilines is 4. The van der Waals surface area contributed by atoms with Crippen molar-refractivity contribution in [1.29, 1.82) is 0 Å². The lowest BCUT2D eigenvalue weighted by Crippen LogP contribution is -2.27. The average molecular weight is 473 g/mol.